The van der Waals surface area contributed by atoms with Gasteiger partial charge < -0.3 is 5.11 Å². The molecular formula is C15H13ClO. The first-order valence-corrected chi connectivity index (χ1v) is 5.77. The summed E-state index contributed by atoms with van der Waals surface area (Å²) in [7, 11) is 0. The van der Waals surface area contributed by atoms with Crippen LogP contribution in [0, 0.1) is 0 Å². The fraction of sp³-hybridized carbons (Fsp3) is 0.0667. The summed E-state index contributed by atoms with van der Waals surface area (Å²) < 4.78 is 0. The van der Waals surface area contributed by atoms with Crippen LogP contribution in [0.25, 0.3) is 11.1 Å². The van der Waals surface area contributed by atoms with Gasteiger partial charge in [-0.2, -0.15) is 0 Å². The lowest BCUT2D eigenvalue weighted by Gasteiger charge is -2.05. The lowest BCUT2D eigenvalue weighted by molar-refractivity contribution is 0.475. The van der Waals surface area contributed by atoms with Crippen LogP contribution >= 0.6 is 11.6 Å². The summed E-state index contributed by atoms with van der Waals surface area (Å²) in [6.07, 6.45) is 2.75. The third-order valence-corrected chi connectivity index (χ3v) is 2.92. The first kappa shape index (κ1) is 11.7. The topological polar surface area (TPSA) is 20.2 Å². The highest BCUT2D eigenvalue weighted by atomic mass is 35.5. The minimum atomic E-state index is 0.110. The van der Waals surface area contributed by atoms with Gasteiger partial charge in [0, 0.05) is 0 Å². The highest BCUT2D eigenvalue weighted by molar-refractivity contribution is 6.32. The first-order chi connectivity index (χ1) is 8.20. The van der Waals surface area contributed by atoms with Crippen LogP contribution in [0.4, 0.5) is 0 Å². The number of hydrogen-bond acceptors (Lipinski definition) is 1. The number of benzene rings is 2. The van der Waals surface area contributed by atoms with E-state index >= 15 is 0 Å². The van der Waals surface area contributed by atoms with E-state index in [1.54, 1.807) is 12.1 Å². The van der Waals surface area contributed by atoms with Gasteiger partial charge in [0.15, 0.2) is 0 Å². The van der Waals surface area contributed by atoms with E-state index in [9.17, 15) is 5.11 Å². The van der Waals surface area contributed by atoms with Crippen LogP contribution in [0.5, 0.6) is 5.75 Å². The van der Waals surface area contributed by atoms with Crippen molar-refractivity contribution in [2.45, 2.75) is 6.42 Å². The monoisotopic (exact) mass is 244 g/mol. The third kappa shape index (κ3) is 2.69. The van der Waals surface area contributed by atoms with Gasteiger partial charge in [-0.1, -0.05) is 48.0 Å². The van der Waals surface area contributed by atoms with E-state index < -0.39 is 0 Å². The Kier molecular flexibility index (Phi) is 3.50. The van der Waals surface area contributed by atoms with Crippen molar-refractivity contribution in [3.8, 4) is 16.9 Å². The van der Waals surface area contributed by atoms with Crippen LogP contribution < -0.4 is 0 Å². The summed E-state index contributed by atoms with van der Waals surface area (Å²) in [5.74, 6) is 0.110. The van der Waals surface area contributed by atoms with Crippen LogP contribution in [0.3, 0.4) is 0 Å². The van der Waals surface area contributed by atoms with Gasteiger partial charge in [-0.25, -0.2) is 0 Å². The van der Waals surface area contributed by atoms with E-state index in [1.165, 1.54) is 5.56 Å². The summed E-state index contributed by atoms with van der Waals surface area (Å²) in [6.45, 7) is 3.71. The Balaban J connectivity index is 2.32. The van der Waals surface area contributed by atoms with Gasteiger partial charge in [0.2, 0.25) is 0 Å². The molecule has 1 N–H and O–H groups in total. The molecule has 17 heavy (non-hydrogen) atoms. The molecule has 0 unspecified atom stereocenters. The SMILES string of the molecule is C=CCc1ccc(-c2ccc(O)c(Cl)c2)cc1. The second-order valence-electron chi connectivity index (χ2n) is 3.86. The minimum absolute atomic E-state index is 0.110. The number of hydrogen-bond donors (Lipinski definition) is 1. The normalized spacial score (nSPS) is 10.2. The van der Waals surface area contributed by atoms with Gasteiger partial charge in [0.05, 0.1) is 5.02 Å². The molecule has 0 fully saturated rings. The van der Waals surface area contributed by atoms with Crippen molar-refractivity contribution in [2.24, 2.45) is 0 Å². The molecule has 2 rings (SSSR count). The highest BCUT2D eigenvalue weighted by Crippen LogP contribution is 2.29. The quantitative estimate of drug-likeness (QED) is 0.792. The van der Waals surface area contributed by atoms with Crippen LogP contribution in [-0.4, -0.2) is 5.11 Å². The molecule has 0 aromatic heterocycles. The van der Waals surface area contributed by atoms with Crippen molar-refractivity contribution in [1.29, 1.82) is 0 Å². The van der Waals surface area contributed by atoms with Crippen LogP contribution in [0.15, 0.2) is 55.1 Å². The standard InChI is InChI=1S/C15H13ClO/c1-2-3-11-4-6-12(7-5-11)13-8-9-15(17)14(16)10-13/h2,4-10,17H,1,3H2. The van der Waals surface area contributed by atoms with Crippen LogP contribution in [-0.2, 0) is 6.42 Å². The summed E-state index contributed by atoms with van der Waals surface area (Å²) in [5, 5.41) is 9.73. The number of aromatic hydroxyl groups is 1. The second-order valence-corrected chi connectivity index (χ2v) is 4.26. The fourth-order valence-corrected chi connectivity index (χ4v) is 1.87. The third-order valence-electron chi connectivity index (χ3n) is 2.61. The summed E-state index contributed by atoms with van der Waals surface area (Å²) in [5.41, 5.74) is 3.31. The predicted molar refractivity (Wildman–Crippen MR) is 72.5 cm³/mol. The van der Waals surface area contributed by atoms with Crippen molar-refractivity contribution in [3.05, 3.63) is 65.7 Å². The summed E-state index contributed by atoms with van der Waals surface area (Å²) >= 11 is 5.88. The second kappa shape index (κ2) is 5.07. The maximum Gasteiger partial charge on any atom is 0.134 e. The Labute approximate surface area is 106 Å². The van der Waals surface area contributed by atoms with Crippen molar-refractivity contribution < 1.29 is 5.11 Å². The summed E-state index contributed by atoms with van der Waals surface area (Å²) in [4.78, 5) is 0. The van der Waals surface area contributed by atoms with Gasteiger partial charge in [-0.15, -0.1) is 6.58 Å². The molecule has 2 aromatic rings. The largest absolute Gasteiger partial charge is 0.506 e. The number of rotatable bonds is 3. The zero-order valence-electron chi connectivity index (χ0n) is 9.36. The molecule has 0 saturated carbocycles. The van der Waals surface area contributed by atoms with E-state index in [0.717, 1.165) is 17.5 Å². The molecule has 0 bridgehead atoms. The van der Waals surface area contributed by atoms with Gasteiger partial charge in [-0.05, 0) is 35.2 Å². The van der Waals surface area contributed by atoms with E-state index in [4.69, 9.17) is 11.6 Å². The molecule has 0 amide bonds. The Hall–Kier alpha value is -1.73. The van der Waals surface area contributed by atoms with E-state index in [2.05, 4.69) is 18.7 Å². The van der Waals surface area contributed by atoms with Crippen molar-refractivity contribution in [2.75, 3.05) is 0 Å². The molecule has 2 heteroatoms. The Morgan fingerprint density at radius 3 is 2.29 bits per heavy atom. The molecule has 0 saturated heterocycles. The maximum absolute atomic E-state index is 9.36. The molecule has 0 atom stereocenters. The average Bonchev–Trinajstić information content (AvgIpc) is 2.34. The molecule has 0 aliphatic rings. The van der Waals surface area contributed by atoms with E-state index in [1.807, 2.05) is 24.3 Å². The molecule has 0 radical (unpaired) electrons. The average molecular weight is 245 g/mol. The number of halogens is 1. The number of phenols is 1. The molecule has 0 heterocycles. The zero-order valence-corrected chi connectivity index (χ0v) is 10.1. The van der Waals surface area contributed by atoms with Crippen LogP contribution in [0.2, 0.25) is 5.02 Å². The van der Waals surface area contributed by atoms with Crippen molar-refractivity contribution in [1.82, 2.24) is 0 Å². The fourth-order valence-electron chi connectivity index (χ4n) is 1.69. The minimum Gasteiger partial charge on any atom is -0.506 e. The molecule has 1 nitrogen and oxygen atoms in total. The molecule has 0 aliphatic carbocycles. The maximum atomic E-state index is 9.36. The number of phenolic OH excluding ortho intramolecular Hbond substituents is 1. The van der Waals surface area contributed by atoms with Gasteiger partial charge >= 0.3 is 0 Å². The van der Waals surface area contributed by atoms with Gasteiger partial charge in [-0.3, -0.25) is 0 Å². The molecule has 2 aromatic carbocycles. The van der Waals surface area contributed by atoms with E-state index in [0.29, 0.717) is 5.02 Å². The lowest BCUT2D eigenvalue weighted by Crippen LogP contribution is -1.82. The molecule has 86 valence electrons. The highest BCUT2D eigenvalue weighted by Gasteiger charge is 2.02. The number of allylic oxidation sites excluding steroid dienone is 1. The summed E-state index contributed by atoms with van der Waals surface area (Å²) in [6, 6.07) is 13.4. The van der Waals surface area contributed by atoms with Crippen molar-refractivity contribution in [3.63, 3.8) is 0 Å². The first-order valence-electron chi connectivity index (χ1n) is 5.39. The Bertz CT molecular complexity index is 529. The lowest BCUT2D eigenvalue weighted by atomic mass is 10.0. The predicted octanol–water partition coefficient (Wildman–Crippen LogP) is 4.44. The Morgan fingerprint density at radius 2 is 1.71 bits per heavy atom. The zero-order chi connectivity index (χ0) is 12.3. The smallest absolute Gasteiger partial charge is 0.134 e. The van der Waals surface area contributed by atoms with Gasteiger partial charge in [0.25, 0.3) is 0 Å². The molecular weight excluding hydrogens is 232 g/mol. The molecule has 0 aliphatic heterocycles. The van der Waals surface area contributed by atoms with E-state index in [-0.39, 0.29) is 5.75 Å². The Morgan fingerprint density at radius 1 is 1.06 bits per heavy atom. The van der Waals surface area contributed by atoms with Crippen LogP contribution in [0.1, 0.15) is 5.56 Å². The molecule has 0 spiro atoms. The van der Waals surface area contributed by atoms with Gasteiger partial charge in [0.1, 0.15) is 5.75 Å². The van der Waals surface area contributed by atoms with Crippen molar-refractivity contribution >= 4 is 11.6 Å².